The zero-order chi connectivity index (χ0) is 20.9. The molecule has 0 amide bonds. The van der Waals surface area contributed by atoms with Crippen molar-refractivity contribution in [2.45, 2.75) is 6.54 Å². The van der Waals surface area contributed by atoms with E-state index in [1.807, 2.05) is 54.6 Å². The van der Waals surface area contributed by atoms with Gasteiger partial charge in [0.1, 0.15) is 16.4 Å². The number of hydrogen-bond acceptors (Lipinski definition) is 6. The number of phenolic OH excluding ortho intramolecular Hbond substituents is 1. The number of aromatic hydroxyl groups is 1. The average Bonchev–Trinajstić information content (AvgIpc) is 3.41. The number of rotatable bonds is 3. The first kappa shape index (κ1) is 18.0. The van der Waals surface area contributed by atoms with E-state index in [1.165, 1.54) is 11.3 Å². The van der Waals surface area contributed by atoms with Gasteiger partial charge in [0.25, 0.3) is 5.56 Å². The number of fused-ring (bicyclic) bond motifs is 4. The molecule has 2 aromatic heterocycles. The normalized spacial score (nSPS) is 12.6. The average molecular weight is 428 g/mol. The van der Waals surface area contributed by atoms with Crippen LogP contribution in [0.1, 0.15) is 5.56 Å². The fourth-order valence-electron chi connectivity index (χ4n) is 3.93. The first-order chi connectivity index (χ1) is 15.2. The van der Waals surface area contributed by atoms with Crippen LogP contribution in [0.3, 0.4) is 0 Å². The minimum Gasteiger partial charge on any atom is -0.506 e. The summed E-state index contributed by atoms with van der Waals surface area (Å²) in [5.74, 6) is 2.01. The van der Waals surface area contributed by atoms with E-state index in [9.17, 15) is 9.90 Å². The summed E-state index contributed by atoms with van der Waals surface area (Å²) in [6, 6.07) is 20.6. The fourth-order valence-corrected chi connectivity index (χ4v) is 5.01. The molecular formula is C24H16N2O4S. The van der Waals surface area contributed by atoms with Crippen LogP contribution in [0.15, 0.2) is 71.5 Å². The summed E-state index contributed by atoms with van der Waals surface area (Å²) in [5.41, 5.74) is 1.62. The highest BCUT2D eigenvalue weighted by Crippen LogP contribution is 2.39. The third-order valence-corrected chi connectivity index (χ3v) is 6.53. The van der Waals surface area contributed by atoms with Crippen molar-refractivity contribution in [1.82, 2.24) is 9.55 Å². The lowest BCUT2D eigenvalue weighted by Crippen LogP contribution is -2.23. The number of nitrogens with zero attached hydrogens (tertiary/aromatic N) is 2. The highest BCUT2D eigenvalue weighted by atomic mass is 32.1. The Morgan fingerprint density at radius 1 is 1.00 bits per heavy atom. The summed E-state index contributed by atoms with van der Waals surface area (Å²) < 4.78 is 13.3. The molecule has 1 aliphatic rings. The molecule has 6 rings (SSSR count). The van der Waals surface area contributed by atoms with Gasteiger partial charge in [-0.2, -0.15) is 0 Å². The van der Waals surface area contributed by atoms with Gasteiger partial charge in [0.05, 0.1) is 16.6 Å². The molecule has 152 valence electrons. The van der Waals surface area contributed by atoms with Gasteiger partial charge in [-0.15, -0.1) is 11.3 Å². The topological polar surface area (TPSA) is 73.6 Å². The van der Waals surface area contributed by atoms with E-state index in [0.29, 0.717) is 38.8 Å². The minimum atomic E-state index is -0.140. The van der Waals surface area contributed by atoms with Crippen LogP contribution >= 0.6 is 11.3 Å². The van der Waals surface area contributed by atoms with Crippen molar-refractivity contribution >= 4 is 31.6 Å². The molecule has 0 saturated carbocycles. The van der Waals surface area contributed by atoms with Gasteiger partial charge in [-0.25, -0.2) is 4.98 Å². The van der Waals surface area contributed by atoms with Crippen LogP contribution in [0, 0.1) is 0 Å². The van der Waals surface area contributed by atoms with Crippen molar-refractivity contribution < 1.29 is 14.6 Å². The predicted molar refractivity (Wildman–Crippen MR) is 120 cm³/mol. The zero-order valence-corrected chi connectivity index (χ0v) is 17.1. The van der Waals surface area contributed by atoms with E-state index in [4.69, 9.17) is 14.5 Å². The third-order valence-electron chi connectivity index (χ3n) is 5.41. The second-order valence-corrected chi connectivity index (χ2v) is 8.32. The second kappa shape index (κ2) is 6.85. The lowest BCUT2D eigenvalue weighted by Gasteiger charge is -2.13. The van der Waals surface area contributed by atoms with Crippen LogP contribution in [0.5, 0.6) is 17.2 Å². The van der Waals surface area contributed by atoms with Crippen LogP contribution in [0.4, 0.5) is 0 Å². The van der Waals surface area contributed by atoms with Gasteiger partial charge in [0, 0.05) is 10.9 Å². The van der Waals surface area contributed by atoms with Crippen molar-refractivity contribution in [2.24, 2.45) is 0 Å². The number of phenols is 1. The number of hydrogen-bond donors (Lipinski definition) is 1. The Labute approximate surface area is 180 Å². The molecule has 0 fully saturated rings. The molecule has 5 aromatic rings. The van der Waals surface area contributed by atoms with E-state index in [0.717, 1.165) is 16.5 Å². The summed E-state index contributed by atoms with van der Waals surface area (Å²) in [4.78, 5) is 19.2. The number of ether oxygens (including phenoxy) is 2. The molecule has 6 nitrogen and oxygen atoms in total. The van der Waals surface area contributed by atoms with Crippen molar-refractivity contribution in [3.63, 3.8) is 0 Å². The molecule has 0 aliphatic carbocycles. The molecule has 31 heavy (non-hydrogen) atoms. The Kier molecular flexibility index (Phi) is 3.97. The number of aromatic nitrogens is 2. The van der Waals surface area contributed by atoms with E-state index >= 15 is 0 Å². The number of benzene rings is 3. The smallest absolute Gasteiger partial charge is 0.263 e. The predicted octanol–water partition coefficient (Wildman–Crippen LogP) is 4.76. The van der Waals surface area contributed by atoms with Gasteiger partial charge < -0.3 is 14.6 Å². The molecule has 0 spiro atoms. The second-order valence-electron chi connectivity index (χ2n) is 7.32. The summed E-state index contributed by atoms with van der Waals surface area (Å²) in [6.45, 7) is 0.556. The highest BCUT2D eigenvalue weighted by molar-refractivity contribution is 7.25. The van der Waals surface area contributed by atoms with Crippen LogP contribution in [-0.4, -0.2) is 21.5 Å². The van der Waals surface area contributed by atoms with Crippen LogP contribution in [0.2, 0.25) is 0 Å². The standard InChI is InChI=1S/C24H16N2O4S/c27-17-8-4-7-16-20-23(31-21(16)17)25-22(15-9-10-18-19(11-15)30-13-29-18)26(24(20)28)12-14-5-2-1-3-6-14/h1-11,27H,12-13H2. The molecule has 0 bridgehead atoms. The Hall–Kier alpha value is -3.84. The molecular weight excluding hydrogens is 412 g/mol. The Bertz CT molecular complexity index is 1520. The fraction of sp³-hybridized carbons (Fsp3) is 0.0833. The molecule has 0 radical (unpaired) electrons. The van der Waals surface area contributed by atoms with Gasteiger partial charge in [-0.3, -0.25) is 9.36 Å². The molecule has 7 heteroatoms. The zero-order valence-electron chi connectivity index (χ0n) is 16.2. The van der Waals surface area contributed by atoms with Crippen molar-refractivity contribution in [3.05, 3.63) is 82.6 Å². The monoisotopic (exact) mass is 428 g/mol. The first-order valence-corrected chi connectivity index (χ1v) is 10.6. The van der Waals surface area contributed by atoms with E-state index < -0.39 is 0 Å². The maximum atomic E-state index is 13.7. The maximum absolute atomic E-state index is 13.7. The minimum absolute atomic E-state index is 0.140. The molecule has 3 aromatic carbocycles. The van der Waals surface area contributed by atoms with Gasteiger partial charge in [-0.05, 0) is 29.8 Å². The van der Waals surface area contributed by atoms with Crippen molar-refractivity contribution in [2.75, 3.05) is 6.79 Å². The van der Waals surface area contributed by atoms with Crippen LogP contribution in [0.25, 0.3) is 31.7 Å². The van der Waals surface area contributed by atoms with E-state index in [2.05, 4.69) is 0 Å². The van der Waals surface area contributed by atoms with Gasteiger partial charge in [0.15, 0.2) is 11.5 Å². The van der Waals surface area contributed by atoms with Crippen LogP contribution < -0.4 is 15.0 Å². The van der Waals surface area contributed by atoms with Gasteiger partial charge >= 0.3 is 0 Å². The molecule has 0 unspecified atom stereocenters. The van der Waals surface area contributed by atoms with Crippen molar-refractivity contribution in [1.29, 1.82) is 0 Å². The van der Waals surface area contributed by atoms with E-state index in [1.54, 1.807) is 16.7 Å². The summed E-state index contributed by atoms with van der Waals surface area (Å²) >= 11 is 1.32. The van der Waals surface area contributed by atoms with E-state index in [-0.39, 0.29) is 18.1 Å². The summed E-state index contributed by atoms with van der Waals surface area (Å²) in [7, 11) is 0. The Morgan fingerprint density at radius 2 is 1.84 bits per heavy atom. The SMILES string of the molecule is O=c1c2c(nc(-c3ccc4c(c3)OCO4)n1Cc1ccccc1)sc1c(O)cccc12. The lowest BCUT2D eigenvalue weighted by atomic mass is 10.1. The first-order valence-electron chi connectivity index (χ1n) is 9.78. The highest BCUT2D eigenvalue weighted by Gasteiger charge is 2.21. The lowest BCUT2D eigenvalue weighted by molar-refractivity contribution is 0.174. The maximum Gasteiger partial charge on any atom is 0.263 e. The van der Waals surface area contributed by atoms with Crippen molar-refractivity contribution in [3.8, 4) is 28.6 Å². The quantitative estimate of drug-likeness (QED) is 0.449. The van der Waals surface area contributed by atoms with Gasteiger partial charge in [-0.1, -0.05) is 42.5 Å². The Balaban J connectivity index is 1.66. The third kappa shape index (κ3) is 2.85. The summed E-state index contributed by atoms with van der Waals surface area (Å²) in [5, 5.41) is 11.5. The molecule has 1 N–H and O–H groups in total. The molecule has 3 heterocycles. The molecule has 0 saturated heterocycles. The van der Waals surface area contributed by atoms with Crippen LogP contribution in [-0.2, 0) is 6.54 Å². The summed E-state index contributed by atoms with van der Waals surface area (Å²) in [6.07, 6.45) is 0. The number of thiophene rings is 1. The molecule has 0 atom stereocenters. The Morgan fingerprint density at radius 3 is 2.71 bits per heavy atom. The van der Waals surface area contributed by atoms with Gasteiger partial charge in [0.2, 0.25) is 6.79 Å². The molecule has 1 aliphatic heterocycles. The largest absolute Gasteiger partial charge is 0.506 e.